The Kier molecular flexibility index (Phi) is 7.80. The second kappa shape index (κ2) is 10.3. The van der Waals surface area contributed by atoms with Crippen LogP contribution < -0.4 is 19.7 Å². The molecule has 1 amide bonds. The second-order valence-electron chi connectivity index (χ2n) is 6.15. The number of nitrogens with zero attached hydrogens (tertiary/aromatic N) is 1. The number of carbonyl (C=O) groups excluding carboxylic acids is 1. The number of nitrogens with one attached hydrogen (secondary N) is 1. The average molecular weight is 356 g/mol. The summed E-state index contributed by atoms with van der Waals surface area (Å²) < 4.78 is 10.5. The van der Waals surface area contributed by atoms with E-state index in [9.17, 15) is 4.79 Å². The van der Waals surface area contributed by atoms with E-state index < -0.39 is 0 Å². The van der Waals surface area contributed by atoms with Gasteiger partial charge in [0, 0.05) is 32.2 Å². The number of ether oxygens (including phenoxy) is 2. The summed E-state index contributed by atoms with van der Waals surface area (Å²) in [4.78, 5) is 14.2. The highest BCUT2D eigenvalue weighted by atomic mass is 16.5. The number of methoxy groups -OCH3 is 2. The number of hydrogen-bond donors (Lipinski definition) is 1. The number of hydrogen-bond acceptors (Lipinski definition) is 4. The highest BCUT2D eigenvalue weighted by Gasteiger charge is 2.07. The molecule has 0 radical (unpaired) electrons. The van der Waals surface area contributed by atoms with Gasteiger partial charge in [0.2, 0.25) is 5.91 Å². The van der Waals surface area contributed by atoms with Gasteiger partial charge in [-0.1, -0.05) is 24.3 Å². The molecule has 2 aromatic rings. The Balaban J connectivity index is 1.68. The van der Waals surface area contributed by atoms with E-state index in [0.29, 0.717) is 30.9 Å². The Morgan fingerprint density at radius 1 is 1.04 bits per heavy atom. The van der Waals surface area contributed by atoms with E-state index in [1.165, 1.54) is 5.69 Å². The van der Waals surface area contributed by atoms with Gasteiger partial charge in [-0.05, 0) is 42.7 Å². The molecule has 0 fully saturated rings. The molecule has 0 saturated carbocycles. The van der Waals surface area contributed by atoms with Gasteiger partial charge in [-0.15, -0.1) is 0 Å². The van der Waals surface area contributed by atoms with Gasteiger partial charge in [0.05, 0.1) is 14.2 Å². The monoisotopic (exact) mass is 356 g/mol. The minimum Gasteiger partial charge on any atom is -0.493 e. The van der Waals surface area contributed by atoms with Crippen molar-refractivity contribution in [3.05, 3.63) is 54.1 Å². The molecule has 5 heteroatoms. The Morgan fingerprint density at radius 3 is 2.46 bits per heavy atom. The molecule has 1 N–H and O–H groups in total. The first-order chi connectivity index (χ1) is 12.6. The highest BCUT2D eigenvalue weighted by Crippen LogP contribution is 2.27. The maximum atomic E-state index is 12.0. The molecule has 0 aliphatic rings. The van der Waals surface area contributed by atoms with Gasteiger partial charge in [0.1, 0.15) is 0 Å². The van der Waals surface area contributed by atoms with Crippen LogP contribution in [0.15, 0.2) is 48.5 Å². The minimum absolute atomic E-state index is 0.0714. The van der Waals surface area contributed by atoms with Crippen molar-refractivity contribution in [2.75, 3.05) is 39.3 Å². The van der Waals surface area contributed by atoms with E-state index in [0.717, 1.165) is 18.5 Å². The van der Waals surface area contributed by atoms with E-state index in [2.05, 4.69) is 29.4 Å². The smallest absolute Gasteiger partial charge is 0.220 e. The molecular weight excluding hydrogens is 328 g/mol. The lowest BCUT2D eigenvalue weighted by Gasteiger charge is -2.19. The topological polar surface area (TPSA) is 50.8 Å². The van der Waals surface area contributed by atoms with Crippen LogP contribution in [0, 0.1) is 0 Å². The van der Waals surface area contributed by atoms with Crippen molar-refractivity contribution >= 4 is 11.6 Å². The molecule has 5 nitrogen and oxygen atoms in total. The van der Waals surface area contributed by atoms with Crippen molar-refractivity contribution in [1.29, 1.82) is 0 Å². The molecule has 0 aliphatic carbocycles. The Hall–Kier alpha value is -2.69. The Morgan fingerprint density at radius 2 is 1.77 bits per heavy atom. The van der Waals surface area contributed by atoms with Crippen LogP contribution in [0.1, 0.15) is 18.4 Å². The third-order valence-electron chi connectivity index (χ3n) is 4.28. The number of benzene rings is 2. The molecule has 140 valence electrons. The third kappa shape index (κ3) is 5.99. The van der Waals surface area contributed by atoms with Gasteiger partial charge in [-0.25, -0.2) is 0 Å². The molecule has 0 atom stereocenters. The lowest BCUT2D eigenvalue weighted by atomic mass is 10.1. The first-order valence-electron chi connectivity index (χ1n) is 8.88. The highest BCUT2D eigenvalue weighted by molar-refractivity contribution is 5.76. The summed E-state index contributed by atoms with van der Waals surface area (Å²) in [6, 6.07) is 16.0. The Labute approximate surface area is 155 Å². The van der Waals surface area contributed by atoms with Crippen LogP contribution in [-0.4, -0.2) is 40.3 Å². The summed E-state index contributed by atoms with van der Waals surface area (Å²) in [6.07, 6.45) is 2.05. The zero-order valence-electron chi connectivity index (χ0n) is 15.8. The zero-order valence-corrected chi connectivity index (χ0v) is 15.8. The molecule has 0 unspecified atom stereocenters. The maximum absolute atomic E-state index is 12.0. The molecule has 0 saturated heterocycles. The zero-order chi connectivity index (χ0) is 18.8. The number of rotatable bonds is 10. The van der Waals surface area contributed by atoms with Crippen LogP contribution in [0.25, 0.3) is 0 Å². The van der Waals surface area contributed by atoms with Crippen LogP contribution in [0.2, 0.25) is 0 Å². The summed E-state index contributed by atoms with van der Waals surface area (Å²) in [5.74, 6) is 1.46. The lowest BCUT2D eigenvalue weighted by Crippen LogP contribution is -2.28. The van der Waals surface area contributed by atoms with E-state index in [1.807, 2.05) is 36.4 Å². The summed E-state index contributed by atoms with van der Waals surface area (Å²) in [5, 5.41) is 2.99. The van der Waals surface area contributed by atoms with Crippen LogP contribution in [0.5, 0.6) is 11.5 Å². The number of carbonyl (C=O) groups is 1. The van der Waals surface area contributed by atoms with Crippen molar-refractivity contribution < 1.29 is 14.3 Å². The van der Waals surface area contributed by atoms with Crippen molar-refractivity contribution in [3.63, 3.8) is 0 Å². The van der Waals surface area contributed by atoms with Crippen LogP contribution in [0.3, 0.4) is 0 Å². The van der Waals surface area contributed by atoms with E-state index in [4.69, 9.17) is 9.47 Å². The van der Waals surface area contributed by atoms with Gasteiger partial charge in [-0.3, -0.25) is 4.79 Å². The molecular formula is C21H28N2O3. The first kappa shape index (κ1) is 19.6. The second-order valence-corrected chi connectivity index (χ2v) is 6.15. The van der Waals surface area contributed by atoms with Crippen molar-refractivity contribution in [2.45, 2.75) is 19.3 Å². The normalized spacial score (nSPS) is 10.3. The van der Waals surface area contributed by atoms with Gasteiger partial charge < -0.3 is 19.7 Å². The average Bonchev–Trinajstić information content (AvgIpc) is 2.69. The van der Waals surface area contributed by atoms with Crippen LogP contribution >= 0.6 is 0 Å². The van der Waals surface area contributed by atoms with Crippen LogP contribution in [0.4, 0.5) is 5.69 Å². The van der Waals surface area contributed by atoms with Gasteiger partial charge in [0.15, 0.2) is 11.5 Å². The molecule has 26 heavy (non-hydrogen) atoms. The minimum atomic E-state index is 0.0714. The summed E-state index contributed by atoms with van der Waals surface area (Å²) >= 11 is 0. The Bertz CT molecular complexity index is 689. The summed E-state index contributed by atoms with van der Waals surface area (Å²) in [7, 11) is 5.29. The number of anilines is 1. The fraction of sp³-hybridized carbons (Fsp3) is 0.381. The van der Waals surface area contributed by atoms with Crippen molar-refractivity contribution in [2.24, 2.45) is 0 Å². The molecule has 0 heterocycles. The molecule has 2 aromatic carbocycles. The van der Waals surface area contributed by atoms with Gasteiger partial charge >= 0.3 is 0 Å². The predicted octanol–water partition coefficient (Wildman–Crippen LogP) is 3.28. The standard InChI is InChI=1S/C21H28N2O3/c1-23(18-8-5-4-6-9-18)15-7-14-22-21(24)13-11-17-10-12-19(25-2)20(16-17)26-3/h4-6,8-10,12,16H,7,11,13-15H2,1-3H3,(H,22,24). The SMILES string of the molecule is COc1ccc(CCC(=O)NCCCN(C)c2ccccc2)cc1OC. The molecule has 0 aromatic heterocycles. The van der Waals surface area contributed by atoms with Gasteiger partial charge in [-0.2, -0.15) is 0 Å². The maximum Gasteiger partial charge on any atom is 0.220 e. The largest absolute Gasteiger partial charge is 0.493 e. The first-order valence-corrected chi connectivity index (χ1v) is 8.88. The number of amides is 1. The van der Waals surface area contributed by atoms with Crippen molar-refractivity contribution in [1.82, 2.24) is 5.32 Å². The third-order valence-corrected chi connectivity index (χ3v) is 4.28. The molecule has 0 aliphatic heterocycles. The molecule has 0 spiro atoms. The fourth-order valence-electron chi connectivity index (χ4n) is 2.74. The fourth-order valence-corrected chi connectivity index (χ4v) is 2.74. The molecule has 2 rings (SSSR count). The number of aryl methyl sites for hydroxylation is 1. The van der Waals surface area contributed by atoms with Gasteiger partial charge in [0.25, 0.3) is 0 Å². The predicted molar refractivity (Wildman–Crippen MR) is 105 cm³/mol. The van der Waals surface area contributed by atoms with Crippen LogP contribution in [-0.2, 0) is 11.2 Å². The quantitative estimate of drug-likeness (QED) is 0.664. The molecule has 0 bridgehead atoms. The summed E-state index contributed by atoms with van der Waals surface area (Å²) in [6.45, 7) is 1.59. The van der Waals surface area contributed by atoms with E-state index in [1.54, 1.807) is 14.2 Å². The van der Waals surface area contributed by atoms with E-state index >= 15 is 0 Å². The summed E-state index contributed by atoms with van der Waals surface area (Å²) in [5.41, 5.74) is 2.24. The van der Waals surface area contributed by atoms with Crippen molar-refractivity contribution in [3.8, 4) is 11.5 Å². The number of para-hydroxylation sites is 1. The lowest BCUT2D eigenvalue weighted by molar-refractivity contribution is -0.121. The van der Waals surface area contributed by atoms with E-state index in [-0.39, 0.29) is 5.91 Å².